The third kappa shape index (κ3) is 6.82. The van der Waals surface area contributed by atoms with Crippen LogP contribution in [0.1, 0.15) is 33.3 Å². The Morgan fingerprint density at radius 2 is 1.68 bits per heavy atom. The number of aliphatic carboxylic acids is 2. The van der Waals surface area contributed by atoms with Gasteiger partial charge in [-0.05, 0) is 51.8 Å². The summed E-state index contributed by atoms with van der Waals surface area (Å²) in [4.78, 5) is 34.1. The molecule has 1 saturated heterocycles. The topological polar surface area (TPSA) is 196 Å². The van der Waals surface area contributed by atoms with E-state index in [9.17, 15) is 22.8 Å². The van der Waals surface area contributed by atoms with Crippen molar-refractivity contribution in [3.63, 3.8) is 0 Å². The van der Waals surface area contributed by atoms with Crippen molar-refractivity contribution >= 4 is 39.7 Å². The number of carbonyl (C=O) groups excluding carboxylic acids is 1. The van der Waals surface area contributed by atoms with Crippen LogP contribution < -0.4 is 5.73 Å². The molecule has 11 nitrogen and oxygen atoms in total. The summed E-state index contributed by atoms with van der Waals surface area (Å²) in [5, 5.41) is 25.9. The molecule has 1 aromatic carbocycles. The molecule has 6 N–H and O–H groups in total. The number of aryl methyl sites for hydroxylation is 1. The molecule has 2 heterocycles. The van der Waals surface area contributed by atoms with Gasteiger partial charge in [-0.15, -0.1) is 0 Å². The Hall–Kier alpha value is -2.87. The maximum absolute atomic E-state index is 11.4. The first-order chi connectivity index (χ1) is 15.3. The van der Waals surface area contributed by atoms with Gasteiger partial charge in [-0.25, -0.2) is 4.79 Å². The molecule has 0 aliphatic carbocycles. The number of β-lactam (4-membered cyclic amide) rings is 1. The molecule has 1 fully saturated rings. The lowest BCUT2D eigenvalue weighted by Gasteiger charge is -2.48. The minimum Gasteiger partial charge on any atom is -0.508 e. The molecule has 1 aromatic rings. The summed E-state index contributed by atoms with van der Waals surface area (Å²) in [5.41, 5.74) is 5.93. The summed E-state index contributed by atoms with van der Waals surface area (Å²) in [7, 11) is -4.22. The van der Waals surface area contributed by atoms with Gasteiger partial charge in [0.2, 0.25) is 5.91 Å². The van der Waals surface area contributed by atoms with Crippen molar-refractivity contribution in [1.29, 1.82) is 0 Å². The van der Waals surface area contributed by atoms with Crippen molar-refractivity contribution in [2.75, 3.05) is 0 Å². The molecule has 188 valence electrons. The first kappa shape index (κ1) is 29.2. The van der Waals surface area contributed by atoms with Crippen molar-refractivity contribution in [2.24, 2.45) is 11.1 Å². The highest BCUT2D eigenvalue weighted by Crippen LogP contribution is 2.44. The van der Waals surface area contributed by atoms with Crippen molar-refractivity contribution in [1.82, 2.24) is 4.90 Å². The number of allylic oxidation sites excluding steroid dienone is 1. The molecule has 13 heteroatoms. The van der Waals surface area contributed by atoms with Crippen molar-refractivity contribution in [2.45, 2.75) is 50.9 Å². The number of hydrogen-bond donors (Lipinski definition) is 5. The number of nitrogens with zero attached hydrogens (tertiary/aromatic N) is 1. The highest BCUT2D eigenvalue weighted by atomic mass is 32.2. The van der Waals surface area contributed by atoms with Crippen LogP contribution in [0.25, 0.3) is 0 Å². The zero-order valence-corrected chi connectivity index (χ0v) is 20.9. The number of nitrogens with two attached hydrogens (primary N) is 1. The minimum absolute atomic E-state index is 0.00968. The number of amides is 1. The summed E-state index contributed by atoms with van der Waals surface area (Å²) >= 11 is 1.34. The zero-order valence-electron chi connectivity index (χ0n) is 19.3. The number of carboxylic acids is 2. The molecule has 34 heavy (non-hydrogen) atoms. The fraction of sp³-hybridized carbons (Fsp3) is 0.381. The van der Waals surface area contributed by atoms with E-state index in [0.717, 1.165) is 6.07 Å². The Morgan fingerprint density at radius 3 is 2.06 bits per heavy atom. The van der Waals surface area contributed by atoms with E-state index < -0.39 is 33.5 Å². The predicted molar refractivity (Wildman–Crippen MR) is 125 cm³/mol. The van der Waals surface area contributed by atoms with Crippen LogP contribution in [0.4, 0.5) is 0 Å². The number of fused-ring (bicyclic) bond motifs is 1. The van der Waals surface area contributed by atoms with Gasteiger partial charge in [-0.1, -0.05) is 24.4 Å². The van der Waals surface area contributed by atoms with Gasteiger partial charge in [0.1, 0.15) is 27.8 Å². The number of carboxylic acid groups (broad SMARTS) is 2. The van der Waals surface area contributed by atoms with E-state index in [1.54, 1.807) is 27.7 Å². The van der Waals surface area contributed by atoms with E-state index >= 15 is 0 Å². The van der Waals surface area contributed by atoms with E-state index in [1.807, 2.05) is 0 Å². The first-order valence-corrected chi connectivity index (χ1v) is 12.0. The number of benzene rings is 1. The molecule has 0 radical (unpaired) electrons. The normalized spacial score (nSPS) is 19.7. The zero-order chi connectivity index (χ0) is 26.8. The van der Waals surface area contributed by atoms with Gasteiger partial charge in [0.25, 0.3) is 10.1 Å². The number of aromatic hydroxyl groups is 1. The van der Waals surface area contributed by atoms with Gasteiger partial charge in [-0.3, -0.25) is 19.0 Å². The summed E-state index contributed by atoms with van der Waals surface area (Å²) < 4.78 is 30.0. The monoisotopic (exact) mass is 516 g/mol. The molecular formula is C21H28N2O9S2. The highest BCUT2D eigenvalue weighted by molar-refractivity contribution is 8.04. The van der Waals surface area contributed by atoms with E-state index in [2.05, 4.69) is 6.58 Å². The number of rotatable bonds is 2. The number of carbonyl (C=O) groups is 3. The molecule has 3 rings (SSSR count). The lowest BCUT2D eigenvalue weighted by atomic mass is 9.98. The SMILES string of the molecule is C=C1S[C@@H]2[C@H](N)C(=O)N2C(C(=O)O)=C1C.CC(C)(C)C(=O)O.Cc1ccc(O)cc1S(=O)(=O)O. The number of hydrogen-bond acceptors (Lipinski definition) is 8. The first-order valence-electron chi connectivity index (χ1n) is 9.70. The van der Waals surface area contributed by atoms with Crippen LogP contribution in [-0.2, 0) is 24.5 Å². The number of phenols is 1. The maximum Gasteiger partial charge on any atom is 0.352 e. The van der Waals surface area contributed by atoms with Crippen LogP contribution in [0.3, 0.4) is 0 Å². The standard InChI is InChI=1S/C9H10N2O3S.C7H8O4S.C5H10O2/c1-3-4(2)15-8-5(10)7(12)11(8)6(3)9(13)14;1-5-2-3-6(8)4-7(5)12(9,10)11;1-5(2,3)4(6)7/h5,8H,2,10H2,1H3,(H,13,14);2-4,8H,1H3,(H,9,10,11);1-3H3,(H,6,7)/t5-,8-;;/m1../s1. The molecule has 2 aliphatic heterocycles. The Kier molecular flexibility index (Phi) is 9.09. The molecule has 0 unspecified atom stereocenters. The second kappa shape index (κ2) is 10.6. The molecule has 0 spiro atoms. The average Bonchev–Trinajstić information content (AvgIpc) is 2.70. The second-order valence-corrected chi connectivity index (χ2v) is 11.0. The van der Waals surface area contributed by atoms with Gasteiger partial charge in [0, 0.05) is 11.0 Å². The van der Waals surface area contributed by atoms with Gasteiger partial charge >= 0.3 is 11.9 Å². The summed E-state index contributed by atoms with van der Waals surface area (Å²) in [5.74, 6) is -2.39. The van der Waals surface area contributed by atoms with Gasteiger partial charge in [-0.2, -0.15) is 8.42 Å². The van der Waals surface area contributed by atoms with Gasteiger partial charge in [0.05, 0.1) is 5.41 Å². The smallest absolute Gasteiger partial charge is 0.352 e. The second-order valence-electron chi connectivity index (χ2n) is 8.42. The Bertz CT molecular complexity index is 1150. The van der Waals surface area contributed by atoms with Gasteiger partial charge < -0.3 is 21.1 Å². The molecule has 2 atom stereocenters. The predicted octanol–water partition coefficient (Wildman–Crippen LogP) is 2.17. The number of phenolic OH excluding ortho intramolecular Hbond substituents is 1. The van der Waals surface area contributed by atoms with Crippen LogP contribution in [0, 0.1) is 12.3 Å². The van der Waals surface area contributed by atoms with Gasteiger partial charge in [0.15, 0.2) is 0 Å². The van der Waals surface area contributed by atoms with E-state index in [0.29, 0.717) is 16.0 Å². The summed E-state index contributed by atoms with van der Waals surface area (Å²) in [6.07, 6.45) is 0. The van der Waals surface area contributed by atoms with Crippen LogP contribution in [0.2, 0.25) is 0 Å². The molecule has 2 aliphatic rings. The lowest BCUT2D eigenvalue weighted by molar-refractivity contribution is -0.147. The van der Waals surface area contributed by atoms with Crippen molar-refractivity contribution in [3.05, 3.63) is 46.5 Å². The lowest BCUT2D eigenvalue weighted by Crippen LogP contribution is -2.68. The average molecular weight is 517 g/mol. The molecule has 1 amide bonds. The Morgan fingerprint density at radius 1 is 1.18 bits per heavy atom. The van der Waals surface area contributed by atoms with E-state index in [1.165, 1.54) is 35.7 Å². The van der Waals surface area contributed by atoms with Crippen LogP contribution in [0.5, 0.6) is 5.75 Å². The molecule has 0 saturated carbocycles. The molecule has 0 aromatic heterocycles. The summed E-state index contributed by atoms with van der Waals surface area (Å²) in [6.45, 7) is 11.9. The highest BCUT2D eigenvalue weighted by Gasteiger charge is 2.52. The van der Waals surface area contributed by atoms with Crippen LogP contribution in [0.15, 0.2) is 45.8 Å². The third-order valence-electron chi connectivity index (χ3n) is 4.66. The van der Waals surface area contributed by atoms with Crippen molar-refractivity contribution < 1.29 is 42.7 Å². The Labute approximate surface area is 201 Å². The fourth-order valence-corrected chi connectivity index (χ4v) is 4.41. The van der Waals surface area contributed by atoms with Crippen LogP contribution in [-0.4, -0.2) is 62.5 Å². The van der Waals surface area contributed by atoms with Crippen molar-refractivity contribution in [3.8, 4) is 5.75 Å². The Balaban J connectivity index is 0.000000274. The van der Waals surface area contributed by atoms with E-state index in [-0.39, 0.29) is 27.6 Å². The maximum atomic E-state index is 11.4. The largest absolute Gasteiger partial charge is 0.508 e. The molecule has 0 bridgehead atoms. The summed E-state index contributed by atoms with van der Waals surface area (Å²) in [6, 6.07) is 3.15. The van der Waals surface area contributed by atoms with Crippen LogP contribution >= 0.6 is 11.8 Å². The third-order valence-corrected chi connectivity index (χ3v) is 6.99. The molecular weight excluding hydrogens is 488 g/mol. The minimum atomic E-state index is -4.22. The van der Waals surface area contributed by atoms with E-state index in [4.69, 9.17) is 25.6 Å². The quantitative estimate of drug-likeness (QED) is 0.285. The number of thioether (sulfide) groups is 1. The fourth-order valence-electron chi connectivity index (χ4n) is 2.53.